The lowest BCUT2D eigenvalue weighted by Gasteiger charge is -2.12. The van der Waals surface area contributed by atoms with Crippen molar-refractivity contribution in [1.29, 1.82) is 0 Å². The summed E-state index contributed by atoms with van der Waals surface area (Å²) in [6.45, 7) is 1.63. The zero-order valence-electron chi connectivity index (χ0n) is 9.37. The standard InChI is InChI=1S/C10H12F2N2O3/c1-3-17-10(15)7-5(16-2)4-6(13)14-8(7)9(11)12/h4,9H,3H2,1-2H3,(H2,13,14). The van der Waals surface area contributed by atoms with Gasteiger partial charge in [0, 0.05) is 6.07 Å². The second kappa shape index (κ2) is 5.42. The summed E-state index contributed by atoms with van der Waals surface area (Å²) in [5.74, 6) is -1.14. The number of nitrogens with two attached hydrogens (primary N) is 1. The minimum Gasteiger partial charge on any atom is -0.496 e. The summed E-state index contributed by atoms with van der Waals surface area (Å²) >= 11 is 0. The number of alkyl halides is 2. The first-order valence-corrected chi connectivity index (χ1v) is 4.80. The molecule has 2 N–H and O–H groups in total. The molecule has 5 nitrogen and oxygen atoms in total. The van der Waals surface area contributed by atoms with E-state index in [1.165, 1.54) is 13.2 Å². The van der Waals surface area contributed by atoms with Gasteiger partial charge in [-0.2, -0.15) is 0 Å². The highest BCUT2D eigenvalue weighted by Crippen LogP contribution is 2.30. The summed E-state index contributed by atoms with van der Waals surface area (Å²) in [5, 5.41) is 0. The second-order valence-corrected chi connectivity index (χ2v) is 3.03. The molecular formula is C10H12F2N2O3. The maximum absolute atomic E-state index is 12.7. The summed E-state index contributed by atoms with van der Waals surface area (Å²) in [7, 11) is 1.24. The van der Waals surface area contributed by atoms with E-state index in [1.807, 2.05) is 0 Å². The van der Waals surface area contributed by atoms with Crippen LogP contribution in [-0.4, -0.2) is 24.7 Å². The fourth-order valence-electron chi connectivity index (χ4n) is 1.29. The second-order valence-electron chi connectivity index (χ2n) is 3.03. The fraction of sp³-hybridized carbons (Fsp3) is 0.400. The minimum atomic E-state index is -2.94. The highest BCUT2D eigenvalue weighted by molar-refractivity contribution is 5.94. The number of aromatic nitrogens is 1. The molecule has 0 amide bonds. The highest BCUT2D eigenvalue weighted by atomic mass is 19.3. The summed E-state index contributed by atoms with van der Waals surface area (Å²) in [6, 6.07) is 1.19. The number of carbonyl (C=O) groups is 1. The van der Waals surface area contributed by atoms with E-state index in [1.54, 1.807) is 6.92 Å². The minimum absolute atomic E-state index is 0.0645. The normalized spacial score (nSPS) is 10.4. The van der Waals surface area contributed by atoms with Crippen LogP contribution >= 0.6 is 0 Å². The monoisotopic (exact) mass is 246 g/mol. The van der Waals surface area contributed by atoms with Gasteiger partial charge in [-0.1, -0.05) is 0 Å². The number of pyridine rings is 1. The maximum atomic E-state index is 12.7. The molecule has 1 aromatic rings. The van der Waals surface area contributed by atoms with Crippen molar-refractivity contribution in [1.82, 2.24) is 4.98 Å². The number of anilines is 1. The summed E-state index contributed by atoms with van der Waals surface area (Å²) in [5.41, 5.74) is 4.21. The van der Waals surface area contributed by atoms with E-state index in [-0.39, 0.29) is 18.2 Å². The Bertz CT molecular complexity index is 424. The van der Waals surface area contributed by atoms with Crippen molar-refractivity contribution in [2.75, 3.05) is 19.5 Å². The van der Waals surface area contributed by atoms with Gasteiger partial charge in [0.15, 0.2) is 0 Å². The molecule has 0 atom stereocenters. The molecule has 0 radical (unpaired) electrons. The van der Waals surface area contributed by atoms with Crippen LogP contribution in [0.1, 0.15) is 29.4 Å². The van der Waals surface area contributed by atoms with Crippen LogP contribution in [0.4, 0.5) is 14.6 Å². The zero-order chi connectivity index (χ0) is 13.0. The molecule has 0 aliphatic rings. The zero-order valence-corrected chi connectivity index (χ0v) is 9.37. The lowest BCUT2D eigenvalue weighted by atomic mass is 10.1. The third-order valence-electron chi connectivity index (χ3n) is 1.94. The van der Waals surface area contributed by atoms with Crippen LogP contribution in [-0.2, 0) is 4.74 Å². The van der Waals surface area contributed by atoms with Crippen molar-refractivity contribution in [3.05, 3.63) is 17.3 Å². The molecule has 0 bridgehead atoms. The van der Waals surface area contributed by atoms with Crippen LogP contribution in [0.5, 0.6) is 5.75 Å². The average Bonchev–Trinajstić information content (AvgIpc) is 2.27. The van der Waals surface area contributed by atoms with Crippen LogP contribution in [0.2, 0.25) is 0 Å². The molecule has 0 aliphatic heterocycles. The number of nitrogen functional groups attached to an aromatic ring is 1. The van der Waals surface area contributed by atoms with Gasteiger partial charge in [0.1, 0.15) is 22.8 Å². The Morgan fingerprint density at radius 1 is 1.59 bits per heavy atom. The van der Waals surface area contributed by atoms with Crippen LogP contribution in [0.3, 0.4) is 0 Å². The smallest absolute Gasteiger partial charge is 0.344 e. The average molecular weight is 246 g/mol. The molecule has 0 saturated carbocycles. The van der Waals surface area contributed by atoms with Crippen molar-refractivity contribution in [2.24, 2.45) is 0 Å². The molecule has 1 aromatic heterocycles. The number of rotatable bonds is 4. The van der Waals surface area contributed by atoms with E-state index in [0.29, 0.717) is 0 Å². The van der Waals surface area contributed by atoms with Gasteiger partial charge in [-0.25, -0.2) is 18.6 Å². The molecular weight excluding hydrogens is 234 g/mol. The third-order valence-corrected chi connectivity index (χ3v) is 1.94. The van der Waals surface area contributed by atoms with Gasteiger partial charge in [0.05, 0.1) is 13.7 Å². The number of methoxy groups -OCH3 is 1. The van der Waals surface area contributed by atoms with Crippen molar-refractivity contribution in [3.8, 4) is 5.75 Å². The van der Waals surface area contributed by atoms with E-state index >= 15 is 0 Å². The Kier molecular flexibility index (Phi) is 4.19. The van der Waals surface area contributed by atoms with Gasteiger partial charge in [-0.3, -0.25) is 0 Å². The fourth-order valence-corrected chi connectivity index (χ4v) is 1.29. The lowest BCUT2D eigenvalue weighted by molar-refractivity contribution is 0.0509. The van der Waals surface area contributed by atoms with Crippen molar-refractivity contribution in [2.45, 2.75) is 13.3 Å². The molecule has 17 heavy (non-hydrogen) atoms. The number of hydrogen-bond acceptors (Lipinski definition) is 5. The first kappa shape index (κ1) is 13.1. The number of ether oxygens (including phenoxy) is 2. The van der Waals surface area contributed by atoms with Gasteiger partial charge in [-0.05, 0) is 6.92 Å². The molecule has 1 heterocycles. The Balaban J connectivity index is 3.36. The Labute approximate surface area is 96.5 Å². The molecule has 0 fully saturated rings. The third kappa shape index (κ3) is 2.80. The SMILES string of the molecule is CCOC(=O)c1c(OC)cc(N)nc1C(F)F. The molecule has 0 aliphatic carbocycles. The van der Waals surface area contributed by atoms with E-state index in [4.69, 9.17) is 10.5 Å². The lowest BCUT2D eigenvalue weighted by Crippen LogP contribution is -2.13. The maximum Gasteiger partial charge on any atom is 0.344 e. The topological polar surface area (TPSA) is 74.4 Å². The van der Waals surface area contributed by atoms with Crippen LogP contribution in [0.15, 0.2) is 6.07 Å². The number of nitrogens with zero attached hydrogens (tertiary/aromatic N) is 1. The van der Waals surface area contributed by atoms with Gasteiger partial charge < -0.3 is 15.2 Å². The predicted molar refractivity (Wildman–Crippen MR) is 56.1 cm³/mol. The Morgan fingerprint density at radius 3 is 2.71 bits per heavy atom. The quantitative estimate of drug-likeness (QED) is 0.820. The predicted octanol–water partition coefficient (Wildman–Crippen LogP) is 1.79. The molecule has 0 spiro atoms. The Morgan fingerprint density at radius 2 is 2.24 bits per heavy atom. The molecule has 1 rings (SSSR count). The van der Waals surface area contributed by atoms with Gasteiger partial charge in [0.2, 0.25) is 0 Å². The van der Waals surface area contributed by atoms with Crippen molar-refractivity contribution >= 4 is 11.8 Å². The summed E-state index contributed by atoms with van der Waals surface area (Å²) in [6.07, 6.45) is -2.94. The van der Waals surface area contributed by atoms with Crippen molar-refractivity contribution in [3.63, 3.8) is 0 Å². The molecule has 0 saturated heterocycles. The first-order valence-electron chi connectivity index (χ1n) is 4.80. The molecule has 0 aromatic carbocycles. The highest BCUT2D eigenvalue weighted by Gasteiger charge is 2.26. The van der Waals surface area contributed by atoms with E-state index in [2.05, 4.69) is 9.72 Å². The number of esters is 1. The molecule has 94 valence electrons. The largest absolute Gasteiger partial charge is 0.496 e. The number of hydrogen-bond donors (Lipinski definition) is 1. The number of halogens is 2. The van der Waals surface area contributed by atoms with Gasteiger partial charge >= 0.3 is 5.97 Å². The van der Waals surface area contributed by atoms with Crippen LogP contribution in [0, 0.1) is 0 Å². The first-order chi connectivity index (χ1) is 8.01. The number of carbonyl (C=O) groups excluding carboxylic acids is 1. The van der Waals surface area contributed by atoms with Gasteiger partial charge in [-0.15, -0.1) is 0 Å². The molecule has 0 unspecified atom stereocenters. The summed E-state index contributed by atoms with van der Waals surface area (Å²) in [4.78, 5) is 15.0. The van der Waals surface area contributed by atoms with Crippen LogP contribution < -0.4 is 10.5 Å². The van der Waals surface area contributed by atoms with Gasteiger partial charge in [0.25, 0.3) is 6.43 Å². The summed E-state index contributed by atoms with van der Waals surface area (Å²) < 4.78 is 35.0. The van der Waals surface area contributed by atoms with E-state index in [9.17, 15) is 13.6 Å². The molecule has 7 heteroatoms. The van der Waals surface area contributed by atoms with E-state index in [0.717, 1.165) is 0 Å². The van der Waals surface area contributed by atoms with E-state index < -0.39 is 23.7 Å². The van der Waals surface area contributed by atoms with Crippen molar-refractivity contribution < 1.29 is 23.0 Å². The Hall–Kier alpha value is -1.92. The van der Waals surface area contributed by atoms with Crippen LogP contribution in [0.25, 0.3) is 0 Å².